The van der Waals surface area contributed by atoms with Gasteiger partial charge in [-0.1, -0.05) is 39.0 Å². The van der Waals surface area contributed by atoms with Crippen LogP contribution in [0.2, 0.25) is 0 Å². The summed E-state index contributed by atoms with van der Waals surface area (Å²) in [7, 11) is 0. The zero-order valence-electron chi connectivity index (χ0n) is 14.7. The first-order valence-electron chi connectivity index (χ1n) is 8.16. The number of aryl methyl sites for hydroxylation is 1. The number of carbonyl (C=O) groups is 1. The van der Waals surface area contributed by atoms with Gasteiger partial charge in [0.05, 0.1) is 6.54 Å². The highest BCUT2D eigenvalue weighted by molar-refractivity contribution is 5.94. The smallest absolute Gasteiger partial charge is 0.238 e. The molecule has 1 aromatic rings. The van der Waals surface area contributed by atoms with Crippen molar-refractivity contribution in [1.29, 1.82) is 0 Å². The van der Waals surface area contributed by atoms with Crippen LogP contribution in [0.1, 0.15) is 44.2 Å². The Balaban J connectivity index is 0.00000264. The van der Waals surface area contributed by atoms with Crippen LogP contribution in [0.3, 0.4) is 0 Å². The van der Waals surface area contributed by atoms with Crippen LogP contribution < -0.4 is 11.1 Å². The number of likely N-dealkylation sites (tertiary alicyclic amines) is 1. The number of benzene rings is 1. The van der Waals surface area contributed by atoms with Crippen molar-refractivity contribution >= 4 is 24.0 Å². The van der Waals surface area contributed by atoms with Crippen LogP contribution in [-0.2, 0) is 4.79 Å². The maximum absolute atomic E-state index is 12.4. The van der Waals surface area contributed by atoms with E-state index in [1.54, 1.807) is 0 Å². The molecule has 1 saturated heterocycles. The van der Waals surface area contributed by atoms with Gasteiger partial charge in [-0.15, -0.1) is 12.4 Å². The van der Waals surface area contributed by atoms with E-state index >= 15 is 0 Å². The van der Waals surface area contributed by atoms with Gasteiger partial charge in [0.25, 0.3) is 0 Å². The lowest BCUT2D eigenvalue weighted by atomic mass is 9.90. The molecule has 1 aliphatic rings. The second kappa shape index (κ2) is 8.13. The normalized spacial score (nSPS) is 21.3. The SMILES string of the molecule is Cc1cccc(C(C)C)c1NC(=O)CN1CCC(C)(CN)C1.Cl. The Morgan fingerprint density at radius 1 is 1.43 bits per heavy atom. The van der Waals surface area contributed by atoms with Gasteiger partial charge in [0.1, 0.15) is 0 Å². The highest BCUT2D eigenvalue weighted by atomic mass is 35.5. The van der Waals surface area contributed by atoms with Gasteiger partial charge in [-0.25, -0.2) is 0 Å². The Kier molecular flexibility index (Phi) is 7.05. The molecule has 3 N–H and O–H groups in total. The number of nitrogens with two attached hydrogens (primary N) is 1. The summed E-state index contributed by atoms with van der Waals surface area (Å²) >= 11 is 0. The predicted molar refractivity (Wildman–Crippen MR) is 99.4 cm³/mol. The van der Waals surface area contributed by atoms with Crippen LogP contribution >= 0.6 is 12.4 Å². The molecule has 1 amide bonds. The van der Waals surface area contributed by atoms with Crippen molar-refractivity contribution in [2.24, 2.45) is 11.1 Å². The van der Waals surface area contributed by atoms with E-state index in [4.69, 9.17) is 5.73 Å². The van der Waals surface area contributed by atoms with E-state index in [-0.39, 0.29) is 23.7 Å². The molecule has 1 heterocycles. The number of nitrogens with zero attached hydrogens (tertiary/aromatic N) is 1. The molecule has 1 fully saturated rings. The zero-order chi connectivity index (χ0) is 16.3. The van der Waals surface area contributed by atoms with Gasteiger partial charge >= 0.3 is 0 Å². The largest absolute Gasteiger partial charge is 0.330 e. The lowest BCUT2D eigenvalue weighted by molar-refractivity contribution is -0.117. The molecule has 1 aromatic carbocycles. The minimum absolute atomic E-state index is 0. The molecule has 1 aliphatic heterocycles. The summed E-state index contributed by atoms with van der Waals surface area (Å²) in [6, 6.07) is 6.19. The monoisotopic (exact) mass is 339 g/mol. The second-order valence-electron chi connectivity index (χ2n) is 7.22. The standard InChI is InChI=1S/C18H29N3O.ClH/c1-13(2)15-7-5-6-14(3)17(15)20-16(22)10-21-9-8-18(4,11-19)12-21;/h5-7,13H,8-12,19H2,1-4H3,(H,20,22);1H. The molecule has 130 valence electrons. The van der Waals surface area contributed by atoms with Crippen molar-refractivity contribution < 1.29 is 4.79 Å². The van der Waals surface area contributed by atoms with Gasteiger partial charge in [-0.3, -0.25) is 9.69 Å². The quantitative estimate of drug-likeness (QED) is 0.866. The number of carbonyl (C=O) groups excluding carboxylic acids is 1. The summed E-state index contributed by atoms with van der Waals surface area (Å²) < 4.78 is 0. The topological polar surface area (TPSA) is 58.4 Å². The zero-order valence-corrected chi connectivity index (χ0v) is 15.5. The fraction of sp³-hybridized carbons (Fsp3) is 0.611. The van der Waals surface area contributed by atoms with E-state index in [0.717, 1.165) is 30.8 Å². The van der Waals surface area contributed by atoms with Crippen molar-refractivity contribution in [1.82, 2.24) is 4.90 Å². The van der Waals surface area contributed by atoms with Crippen LogP contribution in [-0.4, -0.2) is 37.0 Å². The second-order valence-corrected chi connectivity index (χ2v) is 7.22. The molecule has 0 aromatic heterocycles. The van der Waals surface area contributed by atoms with E-state index in [0.29, 0.717) is 19.0 Å². The van der Waals surface area contributed by atoms with Crippen molar-refractivity contribution in [3.05, 3.63) is 29.3 Å². The molecule has 0 bridgehead atoms. The molecule has 0 radical (unpaired) electrons. The average Bonchev–Trinajstić information content (AvgIpc) is 2.83. The Morgan fingerprint density at radius 3 is 2.70 bits per heavy atom. The third-order valence-electron chi connectivity index (χ3n) is 4.69. The Morgan fingerprint density at radius 2 is 2.13 bits per heavy atom. The summed E-state index contributed by atoms with van der Waals surface area (Å²) in [6.07, 6.45) is 1.07. The fourth-order valence-electron chi connectivity index (χ4n) is 3.15. The van der Waals surface area contributed by atoms with E-state index in [2.05, 4.69) is 37.1 Å². The highest BCUT2D eigenvalue weighted by Gasteiger charge is 2.33. The average molecular weight is 340 g/mol. The maximum atomic E-state index is 12.4. The van der Waals surface area contributed by atoms with Crippen LogP contribution in [0.25, 0.3) is 0 Å². The molecule has 2 rings (SSSR count). The number of amides is 1. The first kappa shape index (κ1) is 19.9. The van der Waals surface area contributed by atoms with Crippen molar-refractivity contribution in [2.75, 3.05) is 31.5 Å². The molecule has 0 aliphatic carbocycles. The molecule has 0 saturated carbocycles. The number of halogens is 1. The molecular weight excluding hydrogens is 310 g/mol. The van der Waals surface area contributed by atoms with Crippen molar-refractivity contribution in [3.8, 4) is 0 Å². The number of anilines is 1. The fourth-order valence-corrected chi connectivity index (χ4v) is 3.15. The predicted octanol–water partition coefficient (Wildman–Crippen LogP) is 3.15. The first-order valence-corrected chi connectivity index (χ1v) is 8.16. The van der Waals surface area contributed by atoms with Gasteiger partial charge < -0.3 is 11.1 Å². The van der Waals surface area contributed by atoms with Gasteiger partial charge in [0.15, 0.2) is 0 Å². The van der Waals surface area contributed by atoms with Gasteiger partial charge in [-0.2, -0.15) is 0 Å². The summed E-state index contributed by atoms with van der Waals surface area (Å²) in [5.41, 5.74) is 9.28. The number of hydrogen-bond acceptors (Lipinski definition) is 3. The van der Waals surface area contributed by atoms with Crippen LogP contribution in [0.15, 0.2) is 18.2 Å². The third kappa shape index (κ3) is 4.93. The molecular formula is C18H30ClN3O. The summed E-state index contributed by atoms with van der Waals surface area (Å²) in [5, 5.41) is 3.12. The molecule has 23 heavy (non-hydrogen) atoms. The Hall–Kier alpha value is -1.10. The number of hydrogen-bond donors (Lipinski definition) is 2. The number of para-hydroxylation sites is 1. The molecule has 0 spiro atoms. The minimum Gasteiger partial charge on any atom is -0.330 e. The molecule has 4 nitrogen and oxygen atoms in total. The van der Waals surface area contributed by atoms with Gasteiger partial charge in [-0.05, 0) is 48.9 Å². The number of rotatable bonds is 5. The van der Waals surface area contributed by atoms with E-state index in [1.165, 1.54) is 5.56 Å². The van der Waals surface area contributed by atoms with E-state index in [9.17, 15) is 4.79 Å². The van der Waals surface area contributed by atoms with Crippen LogP contribution in [0, 0.1) is 12.3 Å². The lowest BCUT2D eigenvalue weighted by Gasteiger charge is -2.23. The maximum Gasteiger partial charge on any atom is 0.238 e. The van der Waals surface area contributed by atoms with Gasteiger partial charge in [0.2, 0.25) is 5.91 Å². The molecule has 1 atom stereocenters. The molecule has 1 unspecified atom stereocenters. The van der Waals surface area contributed by atoms with E-state index < -0.39 is 0 Å². The summed E-state index contributed by atoms with van der Waals surface area (Å²) in [4.78, 5) is 14.6. The Bertz CT molecular complexity index is 547. The third-order valence-corrected chi connectivity index (χ3v) is 4.69. The van der Waals surface area contributed by atoms with Crippen molar-refractivity contribution in [2.45, 2.75) is 40.0 Å². The van der Waals surface area contributed by atoms with Crippen molar-refractivity contribution in [3.63, 3.8) is 0 Å². The summed E-state index contributed by atoms with van der Waals surface area (Å²) in [5.74, 6) is 0.458. The Labute approximate surface area is 146 Å². The minimum atomic E-state index is 0. The highest BCUT2D eigenvalue weighted by Crippen LogP contribution is 2.29. The molecule has 5 heteroatoms. The van der Waals surface area contributed by atoms with E-state index in [1.807, 2.05) is 19.1 Å². The lowest BCUT2D eigenvalue weighted by Crippen LogP contribution is -2.35. The first-order chi connectivity index (χ1) is 10.3. The number of nitrogens with one attached hydrogen (secondary N) is 1. The van der Waals surface area contributed by atoms with Gasteiger partial charge in [0, 0.05) is 12.2 Å². The van der Waals surface area contributed by atoms with Crippen LogP contribution in [0.5, 0.6) is 0 Å². The summed E-state index contributed by atoms with van der Waals surface area (Å²) in [6.45, 7) is 11.5. The van der Waals surface area contributed by atoms with Crippen LogP contribution in [0.4, 0.5) is 5.69 Å².